The average molecular weight is 303 g/mol. The van der Waals surface area contributed by atoms with Gasteiger partial charge >= 0.3 is 0 Å². The fourth-order valence-electron chi connectivity index (χ4n) is 2.87. The minimum Gasteiger partial charge on any atom is -0.361 e. The summed E-state index contributed by atoms with van der Waals surface area (Å²) in [6, 6.07) is 0.109. The number of amides is 1. The van der Waals surface area contributed by atoms with Gasteiger partial charge in [-0.15, -0.1) is 0 Å². The molecule has 1 saturated heterocycles. The lowest BCUT2D eigenvalue weighted by Crippen LogP contribution is -2.49. The molecule has 2 aromatic heterocycles. The standard InChI is InChI=1S/C15H21N5O2/c1-10-12(11(2)22-18-10)8-14(21)20-7-6-19(3)13(9-20)15-16-4-5-17-15/h4-5,13H,6-9H2,1-3H3,(H,16,17). The van der Waals surface area contributed by atoms with Gasteiger partial charge in [-0.3, -0.25) is 9.69 Å². The molecule has 7 nitrogen and oxygen atoms in total. The van der Waals surface area contributed by atoms with Crippen LogP contribution in [0.25, 0.3) is 0 Å². The Labute approximate surface area is 129 Å². The van der Waals surface area contributed by atoms with Crippen LogP contribution in [0.4, 0.5) is 0 Å². The molecule has 22 heavy (non-hydrogen) atoms. The molecule has 1 atom stereocenters. The molecule has 1 fully saturated rings. The summed E-state index contributed by atoms with van der Waals surface area (Å²) in [6.07, 6.45) is 3.90. The predicted molar refractivity (Wildman–Crippen MR) is 80.2 cm³/mol. The summed E-state index contributed by atoms with van der Waals surface area (Å²) in [7, 11) is 2.06. The van der Waals surface area contributed by atoms with E-state index in [1.165, 1.54) is 0 Å². The Morgan fingerprint density at radius 1 is 1.45 bits per heavy atom. The van der Waals surface area contributed by atoms with Gasteiger partial charge in [-0.1, -0.05) is 5.16 Å². The fraction of sp³-hybridized carbons (Fsp3) is 0.533. The van der Waals surface area contributed by atoms with Crippen LogP contribution in [0.2, 0.25) is 0 Å². The number of rotatable bonds is 3. The zero-order valence-corrected chi connectivity index (χ0v) is 13.2. The van der Waals surface area contributed by atoms with E-state index < -0.39 is 0 Å². The number of aryl methyl sites for hydroxylation is 2. The van der Waals surface area contributed by atoms with Crippen molar-refractivity contribution in [2.24, 2.45) is 0 Å². The van der Waals surface area contributed by atoms with Gasteiger partial charge in [-0.2, -0.15) is 0 Å². The maximum atomic E-state index is 12.6. The maximum absolute atomic E-state index is 12.6. The number of aromatic nitrogens is 3. The van der Waals surface area contributed by atoms with Gasteiger partial charge in [0.25, 0.3) is 0 Å². The molecule has 0 bridgehead atoms. The molecule has 1 amide bonds. The highest BCUT2D eigenvalue weighted by Crippen LogP contribution is 2.22. The average Bonchev–Trinajstić information content (AvgIpc) is 3.13. The number of imidazole rings is 1. The second kappa shape index (κ2) is 5.92. The molecule has 3 heterocycles. The minimum atomic E-state index is 0.109. The van der Waals surface area contributed by atoms with Crippen LogP contribution < -0.4 is 0 Å². The van der Waals surface area contributed by atoms with Crippen LogP contribution in [0.15, 0.2) is 16.9 Å². The van der Waals surface area contributed by atoms with Crippen LogP contribution in [0, 0.1) is 13.8 Å². The van der Waals surface area contributed by atoms with Crippen molar-refractivity contribution in [2.75, 3.05) is 26.7 Å². The van der Waals surface area contributed by atoms with Gasteiger partial charge in [0.15, 0.2) is 0 Å². The smallest absolute Gasteiger partial charge is 0.227 e. The molecule has 0 saturated carbocycles. The van der Waals surface area contributed by atoms with Crippen molar-refractivity contribution in [3.05, 3.63) is 35.2 Å². The SMILES string of the molecule is Cc1noc(C)c1CC(=O)N1CCN(C)C(c2ncc[nH]2)C1. The minimum absolute atomic E-state index is 0.109. The van der Waals surface area contributed by atoms with E-state index in [1.54, 1.807) is 6.20 Å². The van der Waals surface area contributed by atoms with Crippen molar-refractivity contribution in [1.82, 2.24) is 24.9 Å². The van der Waals surface area contributed by atoms with Crippen LogP contribution in [0.3, 0.4) is 0 Å². The van der Waals surface area contributed by atoms with Gasteiger partial charge in [-0.05, 0) is 20.9 Å². The van der Waals surface area contributed by atoms with Gasteiger partial charge in [0.1, 0.15) is 11.6 Å². The largest absolute Gasteiger partial charge is 0.361 e. The third-order valence-electron chi connectivity index (χ3n) is 4.34. The molecule has 2 aromatic rings. The Hall–Kier alpha value is -2.15. The Morgan fingerprint density at radius 3 is 2.91 bits per heavy atom. The molecule has 1 aliphatic heterocycles. The van der Waals surface area contributed by atoms with E-state index in [4.69, 9.17) is 4.52 Å². The lowest BCUT2D eigenvalue weighted by atomic mass is 10.1. The highest BCUT2D eigenvalue weighted by molar-refractivity contribution is 5.79. The van der Waals surface area contributed by atoms with Gasteiger partial charge in [0.2, 0.25) is 5.91 Å². The number of H-pyrrole nitrogens is 1. The van der Waals surface area contributed by atoms with E-state index in [0.29, 0.717) is 13.0 Å². The van der Waals surface area contributed by atoms with E-state index in [1.807, 2.05) is 24.9 Å². The zero-order valence-electron chi connectivity index (χ0n) is 13.2. The molecule has 0 aromatic carbocycles. The summed E-state index contributed by atoms with van der Waals surface area (Å²) in [5.41, 5.74) is 1.70. The lowest BCUT2D eigenvalue weighted by molar-refractivity contribution is -0.133. The molecule has 0 radical (unpaired) electrons. The number of likely N-dealkylation sites (N-methyl/N-ethyl adjacent to an activating group) is 1. The lowest BCUT2D eigenvalue weighted by Gasteiger charge is -2.38. The zero-order chi connectivity index (χ0) is 15.7. The van der Waals surface area contributed by atoms with Crippen LogP contribution in [0.5, 0.6) is 0 Å². The van der Waals surface area contributed by atoms with Crippen LogP contribution in [0.1, 0.15) is 28.9 Å². The number of aromatic amines is 1. The molecule has 3 rings (SSSR count). The summed E-state index contributed by atoms with van der Waals surface area (Å²) in [5.74, 6) is 1.74. The Balaban J connectivity index is 1.71. The van der Waals surface area contributed by atoms with E-state index in [9.17, 15) is 4.79 Å². The first-order chi connectivity index (χ1) is 10.6. The van der Waals surface area contributed by atoms with Crippen molar-refractivity contribution < 1.29 is 9.32 Å². The van der Waals surface area contributed by atoms with Crippen molar-refractivity contribution in [1.29, 1.82) is 0 Å². The van der Waals surface area contributed by atoms with E-state index >= 15 is 0 Å². The molecule has 1 aliphatic rings. The van der Waals surface area contributed by atoms with Crippen molar-refractivity contribution in [3.63, 3.8) is 0 Å². The van der Waals surface area contributed by atoms with E-state index in [0.717, 1.165) is 35.9 Å². The second-order valence-electron chi connectivity index (χ2n) is 5.79. The summed E-state index contributed by atoms with van der Waals surface area (Å²) in [4.78, 5) is 24.2. The number of hydrogen-bond acceptors (Lipinski definition) is 5. The molecule has 0 aliphatic carbocycles. The van der Waals surface area contributed by atoms with Crippen LogP contribution in [-0.2, 0) is 11.2 Å². The first kappa shape index (κ1) is 14.8. The van der Waals surface area contributed by atoms with Crippen molar-refractivity contribution in [3.8, 4) is 0 Å². The Kier molecular flexibility index (Phi) is 3.98. The number of piperazine rings is 1. The van der Waals surface area contributed by atoms with Crippen LogP contribution >= 0.6 is 0 Å². The molecular weight excluding hydrogens is 282 g/mol. The molecule has 1 unspecified atom stereocenters. The summed E-state index contributed by atoms with van der Waals surface area (Å²) < 4.78 is 5.14. The Bertz CT molecular complexity index is 629. The summed E-state index contributed by atoms with van der Waals surface area (Å²) in [6.45, 7) is 5.92. The number of nitrogens with one attached hydrogen (secondary N) is 1. The monoisotopic (exact) mass is 303 g/mol. The van der Waals surface area contributed by atoms with Gasteiger partial charge < -0.3 is 14.4 Å². The highest BCUT2D eigenvalue weighted by Gasteiger charge is 2.30. The predicted octanol–water partition coefficient (Wildman–Crippen LogP) is 1.07. The topological polar surface area (TPSA) is 78.3 Å². The maximum Gasteiger partial charge on any atom is 0.227 e. The number of hydrogen-bond donors (Lipinski definition) is 1. The van der Waals surface area contributed by atoms with Gasteiger partial charge in [-0.25, -0.2) is 4.98 Å². The van der Waals surface area contributed by atoms with E-state index in [2.05, 4.69) is 27.1 Å². The van der Waals surface area contributed by atoms with Crippen molar-refractivity contribution >= 4 is 5.91 Å². The van der Waals surface area contributed by atoms with Gasteiger partial charge in [0, 0.05) is 37.6 Å². The van der Waals surface area contributed by atoms with Gasteiger partial charge in [0.05, 0.1) is 18.2 Å². The highest BCUT2D eigenvalue weighted by atomic mass is 16.5. The first-order valence-corrected chi connectivity index (χ1v) is 7.45. The molecule has 1 N–H and O–H groups in total. The fourth-order valence-corrected chi connectivity index (χ4v) is 2.87. The molecular formula is C15H21N5O2. The molecule has 118 valence electrons. The Morgan fingerprint density at radius 2 is 2.27 bits per heavy atom. The normalized spacial score (nSPS) is 19.6. The summed E-state index contributed by atoms with van der Waals surface area (Å²) >= 11 is 0. The number of carbonyl (C=O) groups excluding carboxylic acids is 1. The van der Waals surface area contributed by atoms with E-state index in [-0.39, 0.29) is 11.9 Å². The molecule has 7 heteroatoms. The molecule has 0 spiro atoms. The van der Waals surface area contributed by atoms with Crippen LogP contribution in [-0.4, -0.2) is 57.5 Å². The quantitative estimate of drug-likeness (QED) is 0.917. The van der Waals surface area contributed by atoms with Crippen molar-refractivity contribution in [2.45, 2.75) is 26.3 Å². The summed E-state index contributed by atoms with van der Waals surface area (Å²) in [5, 5.41) is 3.91. The number of nitrogens with zero attached hydrogens (tertiary/aromatic N) is 4. The third-order valence-corrected chi connectivity index (χ3v) is 4.34. The second-order valence-corrected chi connectivity index (χ2v) is 5.79. The first-order valence-electron chi connectivity index (χ1n) is 7.45. The number of carbonyl (C=O) groups is 1. The third kappa shape index (κ3) is 2.76.